The van der Waals surface area contributed by atoms with E-state index in [0.717, 1.165) is 12.1 Å². The molecule has 86 valence electrons. The van der Waals surface area contributed by atoms with Crippen molar-refractivity contribution in [1.29, 1.82) is 0 Å². The average Bonchev–Trinajstić information content (AvgIpc) is 2.23. The molecule has 0 heterocycles. The monoisotopic (exact) mass is 228 g/mol. The molecule has 0 radical (unpaired) electrons. The molecule has 1 aromatic rings. The van der Waals surface area contributed by atoms with Crippen molar-refractivity contribution in [2.24, 2.45) is 0 Å². The van der Waals surface area contributed by atoms with Crippen LogP contribution in [0.1, 0.15) is 22.8 Å². The summed E-state index contributed by atoms with van der Waals surface area (Å²) >= 11 is 0. The van der Waals surface area contributed by atoms with E-state index in [1.54, 1.807) is 6.92 Å². The van der Waals surface area contributed by atoms with Gasteiger partial charge < -0.3 is 4.74 Å². The van der Waals surface area contributed by atoms with Crippen molar-refractivity contribution in [3.8, 4) is 0 Å². The Morgan fingerprint density at radius 2 is 2.00 bits per heavy atom. The number of halogens is 2. The third kappa shape index (κ3) is 2.85. The normalized spacial score (nSPS) is 9.94. The first-order valence-electron chi connectivity index (χ1n) is 4.67. The largest absolute Gasteiger partial charge is 0.466 e. The summed E-state index contributed by atoms with van der Waals surface area (Å²) in [7, 11) is 0. The Morgan fingerprint density at radius 1 is 1.38 bits per heavy atom. The summed E-state index contributed by atoms with van der Waals surface area (Å²) in [4.78, 5) is 21.7. The molecule has 0 atom stereocenters. The predicted octanol–water partition coefficient (Wildman–Crippen LogP) is 1.88. The number of benzene rings is 1. The highest BCUT2D eigenvalue weighted by Crippen LogP contribution is 2.14. The van der Waals surface area contributed by atoms with Crippen molar-refractivity contribution in [2.75, 3.05) is 6.61 Å². The second-order valence-electron chi connectivity index (χ2n) is 3.06. The van der Waals surface area contributed by atoms with Crippen molar-refractivity contribution in [3.05, 3.63) is 34.9 Å². The third-order valence-electron chi connectivity index (χ3n) is 1.95. The smallest absolute Gasteiger partial charge is 0.310 e. The summed E-state index contributed by atoms with van der Waals surface area (Å²) < 4.78 is 30.3. The van der Waals surface area contributed by atoms with Crippen LogP contribution in [-0.4, -0.2) is 18.9 Å². The van der Waals surface area contributed by atoms with Gasteiger partial charge in [0.25, 0.3) is 0 Å². The van der Waals surface area contributed by atoms with Crippen molar-refractivity contribution >= 4 is 12.3 Å². The average molecular weight is 228 g/mol. The first-order valence-corrected chi connectivity index (χ1v) is 4.67. The molecule has 0 bridgehead atoms. The Hall–Kier alpha value is -1.78. The molecule has 0 saturated heterocycles. The van der Waals surface area contributed by atoms with Crippen LogP contribution in [0.4, 0.5) is 8.78 Å². The fourth-order valence-electron chi connectivity index (χ4n) is 1.23. The van der Waals surface area contributed by atoms with Gasteiger partial charge in [0, 0.05) is 5.56 Å². The summed E-state index contributed by atoms with van der Waals surface area (Å²) in [5.74, 6) is -2.80. The number of carbonyl (C=O) groups is 2. The second-order valence-corrected chi connectivity index (χ2v) is 3.06. The van der Waals surface area contributed by atoms with E-state index < -0.39 is 17.6 Å². The zero-order valence-electron chi connectivity index (χ0n) is 8.63. The minimum atomic E-state index is -1.12. The van der Waals surface area contributed by atoms with Crippen LogP contribution >= 0.6 is 0 Å². The van der Waals surface area contributed by atoms with E-state index in [0.29, 0.717) is 6.29 Å². The Balaban J connectivity index is 2.98. The van der Waals surface area contributed by atoms with Gasteiger partial charge in [0.1, 0.15) is 6.29 Å². The molecule has 0 unspecified atom stereocenters. The molecule has 0 saturated carbocycles. The quantitative estimate of drug-likeness (QED) is 0.583. The maximum Gasteiger partial charge on any atom is 0.310 e. The van der Waals surface area contributed by atoms with Gasteiger partial charge in [-0.15, -0.1) is 0 Å². The molecule has 1 aromatic carbocycles. The topological polar surface area (TPSA) is 43.4 Å². The molecule has 16 heavy (non-hydrogen) atoms. The van der Waals surface area contributed by atoms with Crippen LogP contribution in [0.2, 0.25) is 0 Å². The van der Waals surface area contributed by atoms with Gasteiger partial charge in [0.15, 0.2) is 11.6 Å². The van der Waals surface area contributed by atoms with Gasteiger partial charge >= 0.3 is 5.97 Å². The van der Waals surface area contributed by atoms with Crippen molar-refractivity contribution in [2.45, 2.75) is 13.3 Å². The van der Waals surface area contributed by atoms with Crippen molar-refractivity contribution < 1.29 is 23.1 Å². The van der Waals surface area contributed by atoms with Crippen LogP contribution in [0, 0.1) is 11.6 Å². The van der Waals surface area contributed by atoms with E-state index in [1.807, 2.05) is 0 Å². The van der Waals surface area contributed by atoms with Crippen LogP contribution < -0.4 is 0 Å². The molecule has 1 rings (SSSR count). The minimum absolute atomic E-state index is 0.0491. The van der Waals surface area contributed by atoms with Gasteiger partial charge in [0.2, 0.25) is 0 Å². The van der Waals surface area contributed by atoms with Crippen LogP contribution in [0.3, 0.4) is 0 Å². The Labute approximate surface area is 91.0 Å². The zero-order valence-corrected chi connectivity index (χ0v) is 8.63. The van der Waals surface area contributed by atoms with E-state index >= 15 is 0 Å². The van der Waals surface area contributed by atoms with Crippen LogP contribution in [0.25, 0.3) is 0 Å². The van der Waals surface area contributed by atoms with E-state index in [2.05, 4.69) is 4.74 Å². The summed E-state index contributed by atoms with van der Waals surface area (Å²) in [6.07, 6.45) is 0.121. The lowest BCUT2D eigenvalue weighted by Gasteiger charge is -2.05. The van der Waals surface area contributed by atoms with Gasteiger partial charge in [-0.05, 0) is 24.6 Å². The van der Waals surface area contributed by atoms with Gasteiger partial charge in [-0.1, -0.05) is 0 Å². The summed E-state index contributed by atoms with van der Waals surface area (Å²) in [6.45, 7) is 1.82. The maximum atomic E-state index is 12.9. The van der Waals surface area contributed by atoms with E-state index in [1.165, 1.54) is 0 Å². The summed E-state index contributed by atoms with van der Waals surface area (Å²) in [5.41, 5.74) is 0.0688. The number of aldehydes is 1. The fraction of sp³-hybridized carbons (Fsp3) is 0.273. The third-order valence-corrected chi connectivity index (χ3v) is 1.95. The number of ether oxygens (including phenoxy) is 1. The van der Waals surface area contributed by atoms with E-state index in [4.69, 9.17) is 0 Å². The first kappa shape index (κ1) is 12.3. The van der Waals surface area contributed by atoms with Gasteiger partial charge in [-0.2, -0.15) is 0 Å². The van der Waals surface area contributed by atoms with Crippen molar-refractivity contribution in [1.82, 2.24) is 0 Å². The summed E-state index contributed by atoms with van der Waals surface area (Å²) in [5, 5.41) is 0. The Kier molecular flexibility index (Phi) is 4.10. The lowest BCUT2D eigenvalue weighted by atomic mass is 10.1. The first-order chi connectivity index (χ1) is 7.58. The van der Waals surface area contributed by atoms with E-state index in [-0.39, 0.29) is 24.2 Å². The molecule has 0 aliphatic rings. The molecule has 0 aromatic heterocycles. The molecular formula is C11H10F2O3. The second kappa shape index (κ2) is 5.34. The molecule has 0 amide bonds. The molecule has 5 heteroatoms. The summed E-state index contributed by atoms with van der Waals surface area (Å²) in [6, 6.07) is 1.59. The van der Waals surface area contributed by atoms with Crippen LogP contribution in [0.15, 0.2) is 12.1 Å². The van der Waals surface area contributed by atoms with Crippen LogP contribution in [0.5, 0.6) is 0 Å². The number of rotatable bonds is 4. The molecular weight excluding hydrogens is 218 g/mol. The molecule has 3 nitrogen and oxygen atoms in total. The lowest BCUT2D eigenvalue weighted by molar-refractivity contribution is -0.142. The van der Waals surface area contributed by atoms with E-state index in [9.17, 15) is 18.4 Å². The van der Waals surface area contributed by atoms with Gasteiger partial charge in [0.05, 0.1) is 13.0 Å². The van der Waals surface area contributed by atoms with Crippen molar-refractivity contribution in [3.63, 3.8) is 0 Å². The number of carbonyl (C=O) groups excluding carboxylic acids is 2. The van der Waals surface area contributed by atoms with Gasteiger partial charge in [-0.25, -0.2) is 8.78 Å². The lowest BCUT2D eigenvalue weighted by Crippen LogP contribution is -2.10. The molecule has 0 fully saturated rings. The Morgan fingerprint density at radius 3 is 2.56 bits per heavy atom. The SMILES string of the molecule is CCOC(=O)Cc1cc(F)c(F)cc1C=O. The molecule has 0 N–H and O–H groups in total. The standard InChI is InChI=1S/C11H10F2O3/c1-2-16-11(15)5-7-3-9(12)10(13)4-8(7)6-14/h3-4,6H,2,5H2,1H3. The number of hydrogen-bond acceptors (Lipinski definition) is 3. The number of esters is 1. The minimum Gasteiger partial charge on any atom is -0.466 e. The zero-order chi connectivity index (χ0) is 12.1. The molecule has 0 aliphatic heterocycles. The van der Waals surface area contributed by atoms with Gasteiger partial charge in [-0.3, -0.25) is 9.59 Å². The van der Waals surface area contributed by atoms with Crippen LogP contribution in [-0.2, 0) is 16.0 Å². The number of hydrogen-bond donors (Lipinski definition) is 0. The fourth-order valence-corrected chi connectivity index (χ4v) is 1.23. The highest BCUT2D eigenvalue weighted by Gasteiger charge is 2.13. The Bertz CT molecular complexity index is 416. The predicted molar refractivity (Wildman–Crippen MR) is 52.1 cm³/mol. The molecule has 0 aliphatic carbocycles. The highest BCUT2D eigenvalue weighted by molar-refractivity contribution is 5.81. The highest BCUT2D eigenvalue weighted by atomic mass is 19.2. The molecule has 0 spiro atoms. The maximum absolute atomic E-state index is 12.9.